The second-order valence-electron chi connectivity index (χ2n) is 7.34. The third kappa shape index (κ3) is 4.31. The first-order valence-electron chi connectivity index (χ1n) is 9.61. The Bertz CT molecular complexity index is 845. The third-order valence-corrected chi connectivity index (χ3v) is 5.23. The Balaban J connectivity index is 1.33. The number of anilines is 3. The Hall–Kier alpha value is -2.93. The molecule has 1 aliphatic carbocycles. The Morgan fingerprint density at radius 1 is 1.07 bits per heavy atom. The van der Waals surface area contributed by atoms with Crippen molar-refractivity contribution in [1.29, 1.82) is 0 Å². The van der Waals surface area contributed by atoms with E-state index in [0.29, 0.717) is 36.2 Å². The molecule has 2 atom stereocenters. The summed E-state index contributed by atoms with van der Waals surface area (Å²) in [7, 11) is 0. The number of carbonyl (C=O) groups excluding carboxylic acids is 2. The summed E-state index contributed by atoms with van der Waals surface area (Å²) in [5.74, 6) is 0.901. The Labute approximate surface area is 164 Å². The van der Waals surface area contributed by atoms with E-state index in [0.717, 1.165) is 25.2 Å². The molecule has 2 amide bonds. The number of pyridine rings is 1. The van der Waals surface area contributed by atoms with Crippen LogP contribution in [0.25, 0.3) is 0 Å². The highest BCUT2D eigenvalue weighted by atomic mass is 16.5. The van der Waals surface area contributed by atoms with Crippen molar-refractivity contribution in [2.24, 2.45) is 11.8 Å². The van der Waals surface area contributed by atoms with Gasteiger partial charge >= 0.3 is 0 Å². The van der Waals surface area contributed by atoms with Crippen molar-refractivity contribution >= 4 is 29.0 Å². The topological polar surface area (TPSA) is 83.6 Å². The molecule has 1 saturated carbocycles. The molecule has 2 fully saturated rings. The van der Waals surface area contributed by atoms with Crippen molar-refractivity contribution in [3.63, 3.8) is 0 Å². The summed E-state index contributed by atoms with van der Waals surface area (Å²) in [6.07, 6.45) is 2.71. The zero-order valence-corrected chi connectivity index (χ0v) is 15.9. The van der Waals surface area contributed by atoms with Gasteiger partial charge in [0.25, 0.3) is 5.91 Å². The van der Waals surface area contributed by atoms with E-state index in [1.54, 1.807) is 36.5 Å². The van der Waals surface area contributed by atoms with Gasteiger partial charge in [0, 0.05) is 30.3 Å². The van der Waals surface area contributed by atoms with Gasteiger partial charge in [-0.15, -0.1) is 0 Å². The van der Waals surface area contributed by atoms with Crippen LogP contribution in [0, 0.1) is 11.8 Å². The van der Waals surface area contributed by atoms with Crippen molar-refractivity contribution in [3.05, 3.63) is 48.2 Å². The molecule has 4 rings (SSSR count). The van der Waals surface area contributed by atoms with Crippen LogP contribution in [-0.4, -0.2) is 43.1 Å². The van der Waals surface area contributed by atoms with E-state index in [2.05, 4.69) is 27.4 Å². The molecule has 1 aromatic heterocycles. The number of hydrogen-bond acceptors (Lipinski definition) is 5. The van der Waals surface area contributed by atoms with Gasteiger partial charge in [0.15, 0.2) is 0 Å². The summed E-state index contributed by atoms with van der Waals surface area (Å²) < 4.78 is 5.35. The molecular weight excluding hydrogens is 356 g/mol. The molecule has 0 radical (unpaired) electrons. The molecule has 2 aliphatic rings. The molecule has 1 saturated heterocycles. The summed E-state index contributed by atoms with van der Waals surface area (Å²) in [6, 6.07) is 10.6. The first-order chi connectivity index (χ1) is 13.6. The predicted molar refractivity (Wildman–Crippen MR) is 108 cm³/mol. The molecule has 2 heterocycles. The van der Waals surface area contributed by atoms with Gasteiger partial charge in [-0.05, 0) is 48.7 Å². The summed E-state index contributed by atoms with van der Waals surface area (Å²) in [5.41, 5.74) is 2.23. The van der Waals surface area contributed by atoms with Gasteiger partial charge in [0.2, 0.25) is 5.91 Å². The normalized spacial score (nSPS) is 21.1. The van der Waals surface area contributed by atoms with Crippen LogP contribution in [0.3, 0.4) is 0 Å². The quantitative estimate of drug-likeness (QED) is 0.833. The van der Waals surface area contributed by atoms with E-state index in [-0.39, 0.29) is 17.7 Å². The number of ether oxygens (including phenoxy) is 1. The van der Waals surface area contributed by atoms with E-state index < -0.39 is 0 Å². The van der Waals surface area contributed by atoms with Crippen molar-refractivity contribution in [1.82, 2.24) is 4.98 Å². The number of nitrogens with one attached hydrogen (secondary N) is 2. The lowest BCUT2D eigenvalue weighted by atomic mass is 10.2. The van der Waals surface area contributed by atoms with Crippen LogP contribution in [-0.2, 0) is 9.53 Å². The Morgan fingerprint density at radius 2 is 1.79 bits per heavy atom. The second kappa shape index (κ2) is 7.98. The molecule has 28 heavy (non-hydrogen) atoms. The molecule has 1 aliphatic heterocycles. The van der Waals surface area contributed by atoms with E-state index >= 15 is 0 Å². The molecule has 2 aromatic rings. The van der Waals surface area contributed by atoms with Crippen LogP contribution in [0.4, 0.5) is 17.2 Å². The first-order valence-corrected chi connectivity index (χ1v) is 9.61. The molecule has 7 heteroatoms. The maximum atomic E-state index is 12.4. The smallest absolute Gasteiger partial charge is 0.256 e. The van der Waals surface area contributed by atoms with Gasteiger partial charge in [0.05, 0.1) is 25.1 Å². The second-order valence-corrected chi connectivity index (χ2v) is 7.34. The van der Waals surface area contributed by atoms with Crippen molar-refractivity contribution in [3.8, 4) is 0 Å². The van der Waals surface area contributed by atoms with Gasteiger partial charge in [0.1, 0.15) is 5.82 Å². The molecule has 0 spiro atoms. The summed E-state index contributed by atoms with van der Waals surface area (Å²) in [6.45, 7) is 5.19. The maximum absolute atomic E-state index is 12.4. The average molecular weight is 380 g/mol. The molecule has 146 valence electrons. The molecule has 2 N–H and O–H groups in total. The van der Waals surface area contributed by atoms with Crippen LogP contribution in [0.2, 0.25) is 0 Å². The fourth-order valence-corrected chi connectivity index (χ4v) is 3.28. The Morgan fingerprint density at radius 3 is 2.39 bits per heavy atom. The minimum atomic E-state index is -0.236. The van der Waals surface area contributed by atoms with Crippen molar-refractivity contribution in [2.45, 2.75) is 13.3 Å². The fraction of sp³-hybridized carbons (Fsp3) is 0.381. The zero-order chi connectivity index (χ0) is 19.5. The monoisotopic (exact) mass is 380 g/mol. The SMILES string of the molecule is CC1CC1C(=O)Nc1ccc(C(=O)Nc2ccc(N3CCOCC3)cn2)cc1. The number of nitrogens with zero attached hydrogens (tertiary/aromatic N) is 2. The molecule has 0 bridgehead atoms. The summed E-state index contributed by atoms with van der Waals surface area (Å²) >= 11 is 0. The number of benzene rings is 1. The standard InChI is InChI=1S/C21H24N4O3/c1-14-12-18(14)21(27)23-16-4-2-15(3-5-16)20(26)24-19-7-6-17(13-22-19)25-8-10-28-11-9-25/h2-7,13-14,18H,8-12H2,1H3,(H,23,27)(H,22,24,26). The minimum Gasteiger partial charge on any atom is -0.378 e. The molecule has 1 aromatic carbocycles. The highest BCUT2D eigenvalue weighted by molar-refractivity contribution is 6.04. The van der Waals surface area contributed by atoms with Gasteiger partial charge in [-0.2, -0.15) is 0 Å². The number of rotatable bonds is 5. The molecular formula is C21H24N4O3. The summed E-state index contributed by atoms with van der Waals surface area (Å²) in [4.78, 5) is 31.0. The molecule has 7 nitrogen and oxygen atoms in total. The van der Waals surface area contributed by atoms with E-state index in [9.17, 15) is 9.59 Å². The summed E-state index contributed by atoms with van der Waals surface area (Å²) in [5, 5.41) is 5.69. The molecule has 2 unspecified atom stereocenters. The lowest BCUT2D eigenvalue weighted by Gasteiger charge is -2.28. The highest BCUT2D eigenvalue weighted by Gasteiger charge is 2.39. The minimum absolute atomic E-state index is 0.0502. The lowest BCUT2D eigenvalue weighted by molar-refractivity contribution is -0.117. The Kier molecular flexibility index (Phi) is 5.25. The largest absolute Gasteiger partial charge is 0.378 e. The van der Waals surface area contributed by atoms with E-state index in [4.69, 9.17) is 4.74 Å². The zero-order valence-electron chi connectivity index (χ0n) is 15.9. The maximum Gasteiger partial charge on any atom is 0.256 e. The lowest BCUT2D eigenvalue weighted by Crippen LogP contribution is -2.36. The number of carbonyl (C=O) groups is 2. The van der Waals surface area contributed by atoms with Crippen molar-refractivity contribution in [2.75, 3.05) is 41.8 Å². The number of morpholine rings is 1. The van der Waals surface area contributed by atoms with Crippen LogP contribution >= 0.6 is 0 Å². The average Bonchev–Trinajstić information content (AvgIpc) is 3.46. The predicted octanol–water partition coefficient (Wildman–Crippen LogP) is 2.77. The number of aromatic nitrogens is 1. The van der Waals surface area contributed by atoms with Crippen LogP contribution in [0.15, 0.2) is 42.6 Å². The van der Waals surface area contributed by atoms with Crippen molar-refractivity contribution < 1.29 is 14.3 Å². The van der Waals surface area contributed by atoms with Gasteiger partial charge in [-0.25, -0.2) is 4.98 Å². The van der Waals surface area contributed by atoms with Crippen LogP contribution < -0.4 is 15.5 Å². The van der Waals surface area contributed by atoms with Crippen LogP contribution in [0.1, 0.15) is 23.7 Å². The van der Waals surface area contributed by atoms with Crippen LogP contribution in [0.5, 0.6) is 0 Å². The van der Waals surface area contributed by atoms with Gasteiger partial charge in [-0.3, -0.25) is 9.59 Å². The van der Waals surface area contributed by atoms with Gasteiger partial charge < -0.3 is 20.3 Å². The number of amides is 2. The highest BCUT2D eigenvalue weighted by Crippen LogP contribution is 2.38. The van der Waals surface area contributed by atoms with E-state index in [1.165, 1.54) is 0 Å². The third-order valence-electron chi connectivity index (χ3n) is 5.23. The van der Waals surface area contributed by atoms with Gasteiger partial charge in [-0.1, -0.05) is 6.92 Å². The van der Waals surface area contributed by atoms with E-state index in [1.807, 2.05) is 6.07 Å². The fourth-order valence-electron chi connectivity index (χ4n) is 3.28. The number of hydrogen-bond donors (Lipinski definition) is 2. The first kappa shape index (κ1) is 18.4.